The van der Waals surface area contributed by atoms with Gasteiger partial charge in [-0.2, -0.15) is 0 Å². The molecule has 4 atom stereocenters. The van der Waals surface area contributed by atoms with Crippen molar-refractivity contribution in [3.63, 3.8) is 0 Å². The van der Waals surface area contributed by atoms with E-state index in [1.165, 1.54) is 0 Å². The molecule has 5 nitrogen and oxygen atoms in total. The number of hydrogen-bond acceptors (Lipinski definition) is 5. The van der Waals surface area contributed by atoms with Crippen LogP contribution in [0.2, 0.25) is 0 Å². The van der Waals surface area contributed by atoms with E-state index in [2.05, 4.69) is 4.98 Å². The number of carbonyl (C=O) groups excluding carboxylic acids is 2. The fraction of sp³-hybridized carbons (Fsp3) is 0.435. The van der Waals surface area contributed by atoms with E-state index in [-0.39, 0.29) is 17.5 Å². The van der Waals surface area contributed by atoms with Gasteiger partial charge in [0.05, 0.1) is 30.4 Å². The molecule has 1 aromatic heterocycles. The van der Waals surface area contributed by atoms with Crippen molar-refractivity contribution < 1.29 is 19.1 Å². The fourth-order valence-corrected chi connectivity index (χ4v) is 4.71. The highest BCUT2D eigenvalue weighted by molar-refractivity contribution is 6.04. The van der Waals surface area contributed by atoms with Crippen LogP contribution in [0.4, 0.5) is 0 Å². The Labute approximate surface area is 164 Å². The molecule has 5 heteroatoms. The van der Waals surface area contributed by atoms with E-state index < -0.39 is 0 Å². The van der Waals surface area contributed by atoms with Crippen molar-refractivity contribution in [2.75, 3.05) is 19.8 Å². The van der Waals surface area contributed by atoms with E-state index in [0.717, 1.165) is 24.5 Å². The van der Waals surface area contributed by atoms with Crippen LogP contribution in [0, 0.1) is 17.8 Å². The Kier molecular flexibility index (Phi) is 4.27. The number of nitrogens with zero attached hydrogens (tertiary/aromatic N) is 1. The first-order valence-electron chi connectivity index (χ1n) is 10.0. The molecule has 0 radical (unpaired) electrons. The smallest absolute Gasteiger partial charge is 0.166 e. The predicted octanol–water partition coefficient (Wildman–Crippen LogP) is 3.66. The van der Waals surface area contributed by atoms with Gasteiger partial charge in [0.25, 0.3) is 0 Å². The van der Waals surface area contributed by atoms with Crippen molar-refractivity contribution in [2.45, 2.75) is 25.7 Å². The molecular weight excluding hydrogens is 354 g/mol. The number of carbonyl (C=O) groups is 2. The average molecular weight is 377 g/mol. The summed E-state index contributed by atoms with van der Waals surface area (Å²) in [6.45, 7) is 3.84. The summed E-state index contributed by atoms with van der Waals surface area (Å²) < 4.78 is 11.4. The number of pyridine rings is 1. The number of fused-ring (bicyclic) bond motifs is 2. The molecule has 0 N–H and O–H groups in total. The lowest BCUT2D eigenvalue weighted by Crippen LogP contribution is -2.09. The van der Waals surface area contributed by atoms with Gasteiger partial charge in [0.2, 0.25) is 0 Å². The van der Waals surface area contributed by atoms with E-state index in [1.807, 2.05) is 31.2 Å². The highest BCUT2D eigenvalue weighted by Gasteiger charge is 2.54. The summed E-state index contributed by atoms with van der Waals surface area (Å²) in [5.74, 6) is 2.20. The van der Waals surface area contributed by atoms with Crippen LogP contribution in [0.3, 0.4) is 0 Å². The molecule has 3 aliphatic rings. The summed E-state index contributed by atoms with van der Waals surface area (Å²) in [6.07, 6.45) is 2.67. The quantitative estimate of drug-likeness (QED) is 0.719. The van der Waals surface area contributed by atoms with Crippen LogP contribution in [0.5, 0.6) is 5.75 Å². The highest BCUT2D eigenvalue weighted by atomic mass is 16.5. The monoisotopic (exact) mass is 377 g/mol. The molecule has 0 amide bonds. The third kappa shape index (κ3) is 2.85. The Bertz CT molecular complexity index is 929. The topological polar surface area (TPSA) is 65.5 Å². The molecule has 0 spiro atoms. The molecule has 28 heavy (non-hydrogen) atoms. The second kappa shape index (κ2) is 6.82. The van der Waals surface area contributed by atoms with Crippen molar-refractivity contribution in [1.82, 2.24) is 4.98 Å². The van der Waals surface area contributed by atoms with Crippen LogP contribution < -0.4 is 4.74 Å². The van der Waals surface area contributed by atoms with Crippen molar-refractivity contribution >= 4 is 11.6 Å². The minimum atomic E-state index is -0.0546. The number of aromatic nitrogens is 1. The maximum absolute atomic E-state index is 13.0. The summed E-state index contributed by atoms with van der Waals surface area (Å²) in [4.78, 5) is 30.0. The van der Waals surface area contributed by atoms with E-state index in [0.29, 0.717) is 54.1 Å². The molecule has 1 saturated heterocycles. The van der Waals surface area contributed by atoms with Gasteiger partial charge in [0, 0.05) is 30.2 Å². The Morgan fingerprint density at radius 2 is 1.93 bits per heavy atom. The number of ether oxygens (including phenoxy) is 2. The lowest BCUT2D eigenvalue weighted by Gasteiger charge is -2.12. The average Bonchev–Trinajstić information content (AvgIpc) is 3.10. The van der Waals surface area contributed by atoms with E-state index in [4.69, 9.17) is 9.47 Å². The molecule has 3 heterocycles. The molecule has 1 aliphatic carbocycles. The number of Topliss-reactive ketones (excluding diaryl/α,β-unsaturated/α-hetero) is 2. The summed E-state index contributed by atoms with van der Waals surface area (Å²) in [5.41, 5.74) is 2.95. The second-order valence-corrected chi connectivity index (χ2v) is 7.99. The van der Waals surface area contributed by atoms with Gasteiger partial charge in [-0.1, -0.05) is 13.0 Å². The number of ketones is 2. The van der Waals surface area contributed by atoms with Crippen molar-refractivity contribution in [2.24, 2.45) is 17.8 Å². The van der Waals surface area contributed by atoms with Gasteiger partial charge < -0.3 is 9.47 Å². The van der Waals surface area contributed by atoms with Gasteiger partial charge in [0.15, 0.2) is 11.6 Å². The van der Waals surface area contributed by atoms with E-state index >= 15 is 0 Å². The third-order valence-corrected chi connectivity index (χ3v) is 6.43. The van der Waals surface area contributed by atoms with Crippen LogP contribution in [0.1, 0.15) is 57.7 Å². The zero-order valence-electron chi connectivity index (χ0n) is 15.9. The van der Waals surface area contributed by atoms with Crippen molar-refractivity contribution in [1.29, 1.82) is 0 Å². The first-order valence-corrected chi connectivity index (χ1v) is 10.0. The zero-order valence-corrected chi connectivity index (χ0v) is 15.9. The number of rotatable bonds is 6. The minimum Gasteiger partial charge on any atom is -0.491 e. The van der Waals surface area contributed by atoms with Crippen molar-refractivity contribution in [3.8, 4) is 5.75 Å². The summed E-state index contributed by atoms with van der Waals surface area (Å²) in [7, 11) is 0. The molecule has 2 aliphatic heterocycles. The van der Waals surface area contributed by atoms with Crippen LogP contribution >= 0.6 is 0 Å². The molecule has 5 rings (SSSR count). The first kappa shape index (κ1) is 17.6. The normalized spacial score (nSPS) is 27.0. The molecule has 1 saturated carbocycles. The maximum atomic E-state index is 13.0. The van der Waals surface area contributed by atoms with E-state index in [9.17, 15) is 9.59 Å². The van der Waals surface area contributed by atoms with Crippen molar-refractivity contribution in [3.05, 3.63) is 58.9 Å². The standard InChI is InChI=1S/C23H23NO4/c1-2-21(25)16-8-13(22(26)9-14-17-10-27-11-18(14)17)7-15-19(12-28-23(15)16)20-5-3-4-6-24-20/h3-8,14,17-19H,2,9-12H2,1H3/t14?,17-,18+,19?. The van der Waals surface area contributed by atoms with Crippen LogP contribution in [-0.4, -0.2) is 36.4 Å². The molecule has 0 bridgehead atoms. The zero-order chi connectivity index (χ0) is 19.3. The van der Waals surface area contributed by atoms with Crippen LogP contribution in [0.15, 0.2) is 36.5 Å². The second-order valence-electron chi connectivity index (χ2n) is 7.99. The molecular formula is C23H23NO4. The van der Waals surface area contributed by atoms with Gasteiger partial charge in [-0.05, 0) is 42.0 Å². The van der Waals surface area contributed by atoms with Crippen LogP contribution in [-0.2, 0) is 4.74 Å². The molecule has 2 fully saturated rings. The Balaban J connectivity index is 1.50. The van der Waals surface area contributed by atoms with Gasteiger partial charge in [-0.3, -0.25) is 14.6 Å². The summed E-state index contributed by atoms with van der Waals surface area (Å²) in [6, 6.07) is 9.45. The molecule has 144 valence electrons. The molecule has 2 aromatic rings. The van der Waals surface area contributed by atoms with E-state index in [1.54, 1.807) is 12.3 Å². The largest absolute Gasteiger partial charge is 0.491 e. The third-order valence-electron chi connectivity index (χ3n) is 6.43. The van der Waals surface area contributed by atoms with Gasteiger partial charge in [-0.25, -0.2) is 0 Å². The summed E-state index contributed by atoms with van der Waals surface area (Å²) >= 11 is 0. The van der Waals surface area contributed by atoms with Gasteiger partial charge in [0.1, 0.15) is 12.4 Å². The number of benzene rings is 1. The summed E-state index contributed by atoms with van der Waals surface area (Å²) in [5, 5.41) is 0. The lowest BCUT2D eigenvalue weighted by molar-refractivity contribution is 0.0951. The highest BCUT2D eigenvalue weighted by Crippen LogP contribution is 2.53. The van der Waals surface area contributed by atoms with Crippen LogP contribution in [0.25, 0.3) is 0 Å². The number of hydrogen-bond donors (Lipinski definition) is 0. The maximum Gasteiger partial charge on any atom is 0.166 e. The molecule has 1 aromatic carbocycles. The first-order chi connectivity index (χ1) is 13.7. The predicted molar refractivity (Wildman–Crippen MR) is 103 cm³/mol. The van der Waals surface area contributed by atoms with Gasteiger partial charge >= 0.3 is 0 Å². The Morgan fingerprint density at radius 3 is 2.64 bits per heavy atom. The Hall–Kier alpha value is -2.53. The fourth-order valence-electron chi connectivity index (χ4n) is 4.71. The lowest BCUT2D eigenvalue weighted by atomic mass is 9.90. The molecule has 2 unspecified atom stereocenters. The van der Waals surface area contributed by atoms with Gasteiger partial charge in [-0.15, -0.1) is 0 Å². The SMILES string of the molecule is CCC(=O)c1cc(C(=O)CC2[C@H]3COC[C@@H]23)cc2c1OCC2c1ccccn1. The minimum absolute atomic E-state index is 0.00395. The Morgan fingerprint density at radius 1 is 1.11 bits per heavy atom.